The van der Waals surface area contributed by atoms with Crippen LogP contribution in [0, 0.1) is 0 Å². The highest BCUT2D eigenvalue weighted by Crippen LogP contribution is 2.20. The van der Waals surface area contributed by atoms with Gasteiger partial charge in [0.1, 0.15) is 18.3 Å². The Balaban J connectivity index is 1.95. The zero-order valence-electron chi connectivity index (χ0n) is 11.5. The van der Waals surface area contributed by atoms with E-state index in [1.807, 2.05) is 0 Å². The number of nitrogens with two attached hydrogens (primary N) is 1. The fourth-order valence-corrected chi connectivity index (χ4v) is 2.84. The second-order valence-electron chi connectivity index (χ2n) is 5.30. The van der Waals surface area contributed by atoms with E-state index in [1.54, 1.807) is 0 Å². The van der Waals surface area contributed by atoms with E-state index >= 15 is 0 Å². The molecule has 8 nitrogen and oxygen atoms in total. The molecular formula is C12H20N4O4S. The predicted molar refractivity (Wildman–Crippen MR) is 77.3 cm³/mol. The lowest BCUT2D eigenvalue weighted by molar-refractivity contribution is -0.141. The van der Waals surface area contributed by atoms with Gasteiger partial charge in [-0.15, -0.1) is 0 Å². The van der Waals surface area contributed by atoms with Gasteiger partial charge in [0, 0.05) is 12.3 Å². The number of thiol groups is 1. The summed E-state index contributed by atoms with van der Waals surface area (Å²) >= 11 is 4.09. The SMILES string of the molecule is NC(O)[C@@H]1CCCN1C(=O)[C@H](CS)NC(=O)[C@@H]1CC(=O)N1. The first kappa shape index (κ1) is 16.1. The molecule has 0 saturated carbocycles. The van der Waals surface area contributed by atoms with E-state index in [4.69, 9.17) is 5.73 Å². The minimum absolute atomic E-state index is 0.132. The summed E-state index contributed by atoms with van der Waals surface area (Å²) in [7, 11) is 0. The van der Waals surface area contributed by atoms with Crippen LogP contribution in [0.2, 0.25) is 0 Å². The number of carbonyl (C=O) groups is 3. The summed E-state index contributed by atoms with van der Waals surface area (Å²) in [5, 5.41) is 14.5. The number of nitrogens with zero attached hydrogens (tertiary/aromatic N) is 1. The van der Waals surface area contributed by atoms with E-state index < -0.39 is 30.3 Å². The van der Waals surface area contributed by atoms with Gasteiger partial charge in [0.2, 0.25) is 17.7 Å². The fourth-order valence-electron chi connectivity index (χ4n) is 2.60. The lowest BCUT2D eigenvalue weighted by atomic mass is 10.1. The summed E-state index contributed by atoms with van der Waals surface area (Å²) in [5.74, 6) is -0.758. The Morgan fingerprint density at radius 1 is 1.57 bits per heavy atom. The number of carbonyl (C=O) groups excluding carboxylic acids is 3. The number of hydrogen-bond acceptors (Lipinski definition) is 6. The highest BCUT2D eigenvalue weighted by Gasteiger charge is 2.38. The number of nitrogens with one attached hydrogen (secondary N) is 2. The largest absolute Gasteiger partial charge is 0.377 e. The van der Waals surface area contributed by atoms with Crippen LogP contribution in [0.4, 0.5) is 0 Å². The van der Waals surface area contributed by atoms with Gasteiger partial charge in [-0.2, -0.15) is 12.6 Å². The number of likely N-dealkylation sites (tertiary alicyclic amines) is 1. The van der Waals surface area contributed by atoms with Crippen molar-refractivity contribution in [2.75, 3.05) is 12.3 Å². The smallest absolute Gasteiger partial charge is 0.246 e. The van der Waals surface area contributed by atoms with Crippen molar-refractivity contribution >= 4 is 30.4 Å². The number of aliphatic hydroxyl groups excluding tert-OH is 1. The van der Waals surface area contributed by atoms with Crippen molar-refractivity contribution in [3.63, 3.8) is 0 Å². The summed E-state index contributed by atoms with van der Waals surface area (Å²) in [6.45, 7) is 0.498. The topological polar surface area (TPSA) is 125 Å². The molecule has 2 aliphatic rings. The summed E-state index contributed by atoms with van der Waals surface area (Å²) in [5.41, 5.74) is 5.47. The minimum atomic E-state index is -1.10. The van der Waals surface area contributed by atoms with Gasteiger partial charge in [-0.05, 0) is 12.8 Å². The predicted octanol–water partition coefficient (Wildman–Crippen LogP) is -2.44. The maximum Gasteiger partial charge on any atom is 0.246 e. The molecule has 0 bridgehead atoms. The first-order valence-electron chi connectivity index (χ1n) is 6.88. The van der Waals surface area contributed by atoms with Crippen LogP contribution in [0.3, 0.4) is 0 Å². The lowest BCUT2D eigenvalue weighted by Gasteiger charge is -2.32. The van der Waals surface area contributed by atoms with Crippen molar-refractivity contribution in [3.8, 4) is 0 Å². The van der Waals surface area contributed by atoms with Crippen molar-refractivity contribution in [3.05, 3.63) is 0 Å². The van der Waals surface area contributed by atoms with E-state index in [-0.39, 0.29) is 24.0 Å². The molecule has 4 atom stereocenters. The van der Waals surface area contributed by atoms with Crippen LogP contribution in [-0.2, 0) is 14.4 Å². The average Bonchev–Trinajstić information content (AvgIpc) is 2.89. The highest BCUT2D eigenvalue weighted by molar-refractivity contribution is 7.80. The van der Waals surface area contributed by atoms with Gasteiger partial charge < -0.3 is 26.4 Å². The van der Waals surface area contributed by atoms with Gasteiger partial charge in [0.15, 0.2) is 0 Å². The third-order valence-electron chi connectivity index (χ3n) is 3.81. The standard InChI is InChI=1S/C12H20N4O4S/c13-10(18)8-2-1-3-16(8)12(20)7(5-21)15-11(19)6-4-9(17)14-6/h6-8,10,18,21H,1-5,13H2,(H,14,17)(H,15,19)/t6-,7-,8-,10?/m0/s1. The Kier molecular flexibility index (Phi) is 5.07. The third kappa shape index (κ3) is 3.47. The highest BCUT2D eigenvalue weighted by atomic mass is 32.1. The normalized spacial score (nSPS) is 27.6. The zero-order chi connectivity index (χ0) is 15.6. The molecular weight excluding hydrogens is 296 g/mol. The van der Waals surface area contributed by atoms with E-state index in [2.05, 4.69) is 23.3 Å². The van der Waals surface area contributed by atoms with Crippen molar-refractivity contribution in [2.24, 2.45) is 5.73 Å². The van der Waals surface area contributed by atoms with Crippen LogP contribution in [0.15, 0.2) is 0 Å². The molecule has 3 amide bonds. The molecule has 1 unspecified atom stereocenters. The number of amides is 3. The summed E-state index contributed by atoms with van der Waals surface area (Å²) in [4.78, 5) is 36.6. The Bertz CT molecular complexity index is 437. The Hall–Kier alpha value is -1.32. The van der Waals surface area contributed by atoms with Gasteiger partial charge >= 0.3 is 0 Å². The van der Waals surface area contributed by atoms with Crippen LogP contribution < -0.4 is 16.4 Å². The van der Waals surface area contributed by atoms with Crippen LogP contribution in [-0.4, -0.2) is 64.4 Å². The van der Waals surface area contributed by atoms with E-state index in [0.29, 0.717) is 13.0 Å². The van der Waals surface area contributed by atoms with Crippen molar-refractivity contribution in [1.82, 2.24) is 15.5 Å². The van der Waals surface area contributed by atoms with Crippen molar-refractivity contribution in [2.45, 2.75) is 43.6 Å². The van der Waals surface area contributed by atoms with Gasteiger partial charge in [0.05, 0.1) is 12.5 Å². The lowest BCUT2D eigenvalue weighted by Crippen LogP contribution is -2.61. The van der Waals surface area contributed by atoms with E-state index in [0.717, 1.165) is 6.42 Å². The molecule has 0 spiro atoms. The summed E-state index contributed by atoms with van der Waals surface area (Å²) in [6.07, 6.45) is 0.428. The molecule has 21 heavy (non-hydrogen) atoms. The first-order valence-corrected chi connectivity index (χ1v) is 7.52. The molecule has 2 aliphatic heterocycles. The number of β-lactam (4-membered cyclic amide) rings is 1. The minimum Gasteiger partial charge on any atom is -0.377 e. The van der Waals surface area contributed by atoms with Gasteiger partial charge in [-0.25, -0.2) is 0 Å². The molecule has 2 rings (SSSR count). The fraction of sp³-hybridized carbons (Fsp3) is 0.750. The van der Waals surface area contributed by atoms with Gasteiger partial charge in [0.25, 0.3) is 0 Å². The number of rotatable bonds is 5. The molecule has 5 N–H and O–H groups in total. The molecule has 2 saturated heterocycles. The Morgan fingerprint density at radius 2 is 2.24 bits per heavy atom. The van der Waals surface area contributed by atoms with Gasteiger partial charge in [-0.3, -0.25) is 14.4 Å². The first-order chi connectivity index (χ1) is 9.93. The van der Waals surface area contributed by atoms with Crippen LogP contribution >= 0.6 is 12.6 Å². The van der Waals surface area contributed by atoms with E-state index in [1.165, 1.54) is 4.90 Å². The Morgan fingerprint density at radius 3 is 2.76 bits per heavy atom. The monoisotopic (exact) mass is 316 g/mol. The van der Waals surface area contributed by atoms with Crippen LogP contribution in [0.5, 0.6) is 0 Å². The second-order valence-corrected chi connectivity index (χ2v) is 5.66. The molecule has 2 heterocycles. The van der Waals surface area contributed by atoms with Crippen molar-refractivity contribution < 1.29 is 19.5 Å². The maximum atomic E-state index is 12.4. The molecule has 118 valence electrons. The summed E-state index contributed by atoms with van der Waals surface area (Å²) in [6, 6.07) is -1.81. The molecule has 2 fully saturated rings. The van der Waals surface area contributed by atoms with Crippen molar-refractivity contribution in [1.29, 1.82) is 0 Å². The zero-order valence-corrected chi connectivity index (χ0v) is 12.4. The van der Waals surface area contributed by atoms with Crippen LogP contribution in [0.25, 0.3) is 0 Å². The summed E-state index contributed by atoms with van der Waals surface area (Å²) < 4.78 is 0. The quantitative estimate of drug-likeness (QED) is 0.219. The second kappa shape index (κ2) is 6.63. The Labute approximate surface area is 127 Å². The number of aliphatic hydroxyl groups is 1. The molecule has 9 heteroatoms. The van der Waals surface area contributed by atoms with Crippen LogP contribution in [0.1, 0.15) is 19.3 Å². The molecule has 0 aliphatic carbocycles. The molecule has 0 aromatic rings. The van der Waals surface area contributed by atoms with Gasteiger partial charge in [-0.1, -0.05) is 0 Å². The third-order valence-corrected chi connectivity index (χ3v) is 4.18. The van der Waals surface area contributed by atoms with E-state index in [9.17, 15) is 19.5 Å². The molecule has 0 aromatic heterocycles. The number of hydrogen-bond donors (Lipinski definition) is 5. The molecule has 0 radical (unpaired) electrons. The maximum absolute atomic E-state index is 12.4. The average molecular weight is 316 g/mol. The molecule has 0 aromatic carbocycles.